The molecule has 1 aliphatic heterocycles. The Kier molecular flexibility index (Phi) is 4.78. The molecule has 0 radical (unpaired) electrons. The molecule has 116 valence electrons. The number of fused-ring (bicyclic) bond motifs is 4. The SMILES string of the molecule is Cn1c2cnc1OCC/C=C/CCCCOc1ccccc1-2. The van der Waals surface area contributed by atoms with E-state index in [1.165, 1.54) is 0 Å². The van der Waals surface area contributed by atoms with Crippen LogP contribution in [0, 0.1) is 0 Å². The highest BCUT2D eigenvalue weighted by Gasteiger charge is 2.13. The van der Waals surface area contributed by atoms with Crippen molar-refractivity contribution in [3.8, 4) is 23.0 Å². The molecule has 2 aromatic rings. The molecule has 3 rings (SSSR count). The maximum atomic E-state index is 5.98. The van der Waals surface area contributed by atoms with Gasteiger partial charge in [-0.15, -0.1) is 0 Å². The molecule has 0 saturated carbocycles. The molecule has 4 nitrogen and oxygen atoms in total. The lowest BCUT2D eigenvalue weighted by Crippen LogP contribution is -2.03. The first-order valence-electron chi connectivity index (χ1n) is 7.88. The van der Waals surface area contributed by atoms with Gasteiger partial charge < -0.3 is 9.47 Å². The van der Waals surface area contributed by atoms with Crippen LogP contribution in [0.5, 0.6) is 11.8 Å². The predicted octanol–water partition coefficient (Wildman–Crippen LogP) is 3.97. The molecule has 2 heterocycles. The molecule has 1 aromatic carbocycles. The zero-order valence-electron chi connectivity index (χ0n) is 13.0. The Morgan fingerprint density at radius 1 is 1.00 bits per heavy atom. The summed E-state index contributed by atoms with van der Waals surface area (Å²) in [5.41, 5.74) is 2.07. The summed E-state index contributed by atoms with van der Waals surface area (Å²) >= 11 is 0. The second-order valence-electron chi connectivity index (χ2n) is 5.43. The third-order valence-electron chi connectivity index (χ3n) is 3.81. The average Bonchev–Trinajstić information content (AvgIpc) is 2.89. The number of benzene rings is 1. The lowest BCUT2D eigenvalue weighted by atomic mass is 10.1. The summed E-state index contributed by atoms with van der Waals surface area (Å²) in [6, 6.07) is 8.75. The monoisotopic (exact) mass is 298 g/mol. The first-order valence-corrected chi connectivity index (χ1v) is 7.88. The largest absolute Gasteiger partial charge is 0.493 e. The van der Waals surface area contributed by atoms with Crippen LogP contribution in [0.2, 0.25) is 0 Å². The number of para-hydroxylation sites is 1. The maximum Gasteiger partial charge on any atom is 0.296 e. The van der Waals surface area contributed by atoms with Crippen LogP contribution in [-0.4, -0.2) is 22.8 Å². The van der Waals surface area contributed by atoms with Crippen molar-refractivity contribution in [3.05, 3.63) is 42.6 Å². The molecule has 0 atom stereocenters. The van der Waals surface area contributed by atoms with E-state index in [1.807, 2.05) is 36.0 Å². The van der Waals surface area contributed by atoms with E-state index in [0.29, 0.717) is 12.6 Å². The number of allylic oxidation sites excluding steroid dienone is 1. The highest BCUT2D eigenvalue weighted by molar-refractivity contribution is 5.67. The van der Waals surface area contributed by atoms with Crippen molar-refractivity contribution in [2.45, 2.75) is 25.7 Å². The normalized spacial score (nSPS) is 17.3. The van der Waals surface area contributed by atoms with E-state index in [9.17, 15) is 0 Å². The van der Waals surface area contributed by atoms with Crippen molar-refractivity contribution in [2.75, 3.05) is 13.2 Å². The Morgan fingerprint density at radius 2 is 1.86 bits per heavy atom. The molecule has 1 aromatic heterocycles. The Morgan fingerprint density at radius 3 is 2.82 bits per heavy atom. The molecule has 0 spiro atoms. The quantitative estimate of drug-likeness (QED) is 0.690. The highest BCUT2D eigenvalue weighted by Crippen LogP contribution is 2.31. The molecule has 4 heteroatoms. The van der Waals surface area contributed by atoms with Gasteiger partial charge in [0, 0.05) is 12.6 Å². The zero-order chi connectivity index (χ0) is 15.2. The summed E-state index contributed by atoms with van der Waals surface area (Å²) in [4.78, 5) is 4.39. The molecule has 2 bridgehead atoms. The first kappa shape index (κ1) is 14.7. The van der Waals surface area contributed by atoms with Crippen molar-refractivity contribution in [1.82, 2.24) is 9.55 Å². The standard InChI is InChI=1S/C18H22N2O2/c1-20-16-14-19-18(20)22-13-9-5-3-2-4-8-12-21-17-11-7-6-10-15(16)17/h3,5-7,10-11,14H,2,4,8-9,12-13H2,1H3/b5-3+. The molecule has 0 amide bonds. The van der Waals surface area contributed by atoms with E-state index < -0.39 is 0 Å². The number of rotatable bonds is 0. The zero-order valence-corrected chi connectivity index (χ0v) is 13.0. The van der Waals surface area contributed by atoms with E-state index in [-0.39, 0.29) is 0 Å². The summed E-state index contributed by atoms with van der Waals surface area (Å²) in [5, 5.41) is 0. The van der Waals surface area contributed by atoms with Crippen LogP contribution < -0.4 is 9.47 Å². The molecule has 0 fully saturated rings. The lowest BCUT2D eigenvalue weighted by molar-refractivity contribution is 0.289. The van der Waals surface area contributed by atoms with Gasteiger partial charge in [-0.05, 0) is 37.8 Å². The van der Waals surface area contributed by atoms with Crippen LogP contribution in [0.1, 0.15) is 25.7 Å². The summed E-state index contributed by atoms with van der Waals surface area (Å²) in [5.74, 6) is 0.905. The summed E-state index contributed by atoms with van der Waals surface area (Å²) in [7, 11) is 1.97. The summed E-state index contributed by atoms with van der Waals surface area (Å²) < 4.78 is 13.7. The van der Waals surface area contributed by atoms with E-state index in [2.05, 4.69) is 23.2 Å². The van der Waals surface area contributed by atoms with E-state index in [4.69, 9.17) is 9.47 Å². The molecule has 1 aliphatic rings. The number of imidazole rings is 1. The number of ether oxygens (including phenoxy) is 2. The van der Waals surface area contributed by atoms with E-state index in [1.54, 1.807) is 0 Å². The number of aromatic nitrogens is 2. The smallest absolute Gasteiger partial charge is 0.296 e. The third kappa shape index (κ3) is 3.32. The van der Waals surface area contributed by atoms with E-state index in [0.717, 1.165) is 49.3 Å². The topological polar surface area (TPSA) is 36.3 Å². The van der Waals surface area contributed by atoms with Gasteiger partial charge in [0.1, 0.15) is 5.75 Å². The molecule has 22 heavy (non-hydrogen) atoms. The molecule has 0 unspecified atom stereocenters. The Balaban J connectivity index is 1.91. The van der Waals surface area contributed by atoms with Gasteiger partial charge in [0.15, 0.2) is 0 Å². The molecular formula is C18H22N2O2. The number of nitrogens with zero attached hydrogens (tertiary/aromatic N) is 2. The number of hydrogen-bond acceptors (Lipinski definition) is 3. The fourth-order valence-corrected chi connectivity index (χ4v) is 2.58. The van der Waals surface area contributed by atoms with Crippen LogP contribution in [0.3, 0.4) is 0 Å². The van der Waals surface area contributed by atoms with Gasteiger partial charge in [0.25, 0.3) is 6.01 Å². The highest BCUT2D eigenvalue weighted by atomic mass is 16.5. The average molecular weight is 298 g/mol. The first-order chi connectivity index (χ1) is 10.9. The van der Waals surface area contributed by atoms with Gasteiger partial charge in [-0.25, -0.2) is 4.98 Å². The molecule has 0 N–H and O–H groups in total. The Bertz CT molecular complexity index is 646. The fraction of sp³-hybridized carbons (Fsp3) is 0.389. The van der Waals surface area contributed by atoms with Crippen LogP contribution in [0.4, 0.5) is 0 Å². The third-order valence-corrected chi connectivity index (χ3v) is 3.81. The maximum absolute atomic E-state index is 5.98. The summed E-state index contributed by atoms with van der Waals surface area (Å²) in [6.45, 7) is 1.39. The van der Waals surface area contributed by atoms with Crippen molar-refractivity contribution in [1.29, 1.82) is 0 Å². The van der Waals surface area contributed by atoms with Crippen LogP contribution in [-0.2, 0) is 7.05 Å². The van der Waals surface area contributed by atoms with Crippen molar-refractivity contribution in [2.24, 2.45) is 7.05 Å². The predicted molar refractivity (Wildman–Crippen MR) is 87.2 cm³/mol. The van der Waals surface area contributed by atoms with Crippen LogP contribution >= 0.6 is 0 Å². The summed E-state index contributed by atoms with van der Waals surface area (Å²) in [6.07, 6.45) is 10.5. The Labute approximate surface area is 131 Å². The second kappa shape index (κ2) is 7.16. The minimum absolute atomic E-state index is 0.646. The second-order valence-corrected chi connectivity index (χ2v) is 5.43. The minimum Gasteiger partial charge on any atom is -0.493 e. The van der Waals surface area contributed by atoms with Gasteiger partial charge in [-0.2, -0.15) is 0 Å². The van der Waals surface area contributed by atoms with Crippen molar-refractivity contribution >= 4 is 0 Å². The van der Waals surface area contributed by atoms with Gasteiger partial charge in [0.2, 0.25) is 0 Å². The van der Waals surface area contributed by atoms with Gasteiger partial charge in [-0.1, -0.05) is 24.3 Å². The van der Waals surface area contributed by atoms with Crippen LogP contribution in [0.25, 0.3) is 11.3 Å². The van der Waals surface area contributed by atoms with Crippen LogP contribution in [0.15, 0.2) is 42.6 Å². The van der Waals surface area contributed by atoms with Gasteiger partial charge in [-0.3, -0.25) is 4.57 Å². The Hall–Kier alpha value is -2.23. The van der Waals surface area contributed by atoms with Gasteiger partial charge >= 0.3 is 0 Å². The van der Waals surface area contributed by atoms with Crippen molar-refractivity contribution in [3.63, 3.8) is 0 Å². The minimum atomic E-state index is 0.646. The molecule has 0 aliphatic carbocycles. The van der Waals surface area contributed by atoms with Gasteiger partial charge in [0.05, 0.1) is 25.1 Å². The molecular weight excluding hydrogens is 276 g/mol. The molecule has 0 saturated heterocycles. The number of hydrogen-bond donors (Lipinski definition) is 0. The van der Waals surface area contributed by atoms with E-state index >= 15 is 0 Å². The fourth-order valence-electron chi connectivity index (χ4n) is 2.58. The van der Waals surface area contributed by atoms with Crippen molar-refractivity contribution < 1.29 is 9.47 Å². The lowest BCUT2D eigenvalue weighted by Gasteiger charge is -2.12.